The molecule has 1 atom stereocenters. The van der Waals surface area contributed by atoms with Crippen molar-refractivity contribution in [2.45, 2.75) is 16.6 Å². The summed E-state index contributed by atoms with van der Waals surface area (Å²) in [6.07, 6.45) is 0.702. The molecule has 0 saturated carbocycles. The van der Waals surface area contributed by atoms with Gasteiger partial charge >= 0.3 is 5.97 Å². The summed E-state index contributed by atoms with van der Waals surface area (Å²) in [7, 11) is 0. The van der Waals surface area contributed by atoms with Crippen LogP contribution in [0, 0.1) is 0 Å². The van der Waals surface area contributed by atoms with Crippen molar-refractivity contribution < 1.29 is 14.3 Å². The average Bonchev–Trinajstić information content (AvgIpc) is 2.96. The predicted octanol–water partition coefficient (Wildman–Crippen LogP) is 4.00. The molecule has 1 saturated heterocycles. The standard InChI is InChI=1S/C17H14ClNO3S/c18-13-10-12(23-15-8-9-22-17(15)21)6-7-14(13)19-16(20)11-4-2-1-3-5-11/h1-7,10,15H,8-9H2,(H,19,20). The summed E-state index contributed by atoms with van der Waals surface area (Å²) in [6.45, 7) is 0.468. The number of esters is 1. The Morgan fingerprint density at radius 2 is 2.00 bits per heavy atom. The van der Waals surface area contributed by atoms with Crippen LogP contribution >= 0.6 is 23.4 Å². The second-order valence-corrected chi connectivity index (χ2v) is 6.71. The average molecular weight is 348 g/mol. The molecule has 1 fully saturated rings. The number of amides is 1. The monoisotopic (exact) mass is 347 g/mol. The van der Waals surface area contributed by atoms with Gasteiger partial charge in [0.05, 0.1) is 17.3 Å². The van der Waals surface area contributed by atoms with Crippen LogP contribution in [0.1, 0.15) is 16.8 Å². The minimum atomic E-state index is -0.215. The van der Waals surface area contributed by atoms with Crippen molar-refractivity contribution in [3.63, 3.8) is 0 Å². The molecule has 1 aliphatic heterocycles. The van der Waals surface area contributed by atoms with E-state index in [0.717, 1.165) is 4.90 Å². The van der Waals surface area contributed by atoms with Crippen LogP contribution < -0.4 is 5.32 Å². The number of hydrogen-bond acceptors (Lipinski definition) is 4. The SMILES string of the molecule is O=C(Nc1ccc(SC2CCOC2=O)cc1Cl)c1ccccc1. The van der Waals surface area contributed by atoms with Gasteiger partial charge in [-0.2, -0.15) is 0 Å². The maximum absolute atomic E-state index is 12.1. The van der Waals surface area contributed by atoms with Gasteiger partial charge < -0.3 is 10.1 Å². The fourth-order valence-electron chi connectivity index (χ4n) is 2.20. The fraction of sp³-hybridized carbons (Fsp3) is 0.176. The molecule has 1 N–H and O–H groups in total. The molecule has 1 unspecified atom stereocenters. The molecule has 0 aromatic heterocycles. The Kier molecular flexibility index (Phi) is 4.88. The first-order valence-corrected chi connectivity index (χ1v) is 8.38. The molecule has 0 spiro atoms. The van der Waals surface area contributed by atoms with Crippen LogP contribution in [0.3, 0.4) is 0 Å². The first-order chi connectivity index (χ1) is 11.1. The Morgan fingerprint density at radius 3 is 2.65 bits per heavy atom. The van der Waals surface area contributed by atoms with Crippen molar-refractivity contribution in [1.82, 2.24) is 0 Å². The van der Waals surface area contributed by atoms with Gasteiger partial charge in [0.15, 0.2) is 0 Å². The van der Waals surface area contributed by atoms with Gasteiger partial charge in [-0.25, -0.2) is 0 Å². The lowest BCUT2D eigenvalue weighted by Crippen LogP contribution is -2.12. The molecule has 0 radical (unpaired) electrons. The zero-order valence-corrected chi connectivity index (χ0v) is 13.7. The van der Waals surface area contributed by atoms with E-state index in [-0.39, 0.29) is 17.1 Å². The quantitative estimate of drug-likeness (QED) is 0.849. The van der Waals surface area contributed by atoms with Crippen LogP contribution in [-0.4, -0.2) is 23.7 Å². The van der Waals surface area contributed by atoms with Crippen LogP contribution in [0.5, 0.6) is 0 Å². The summed E-state index contributed by atoms with van der Waals surface area (Å²) in [5.41, 5.74) is 1.11. The summed E-state index contributed by atoms with van der Waals surface area (Å²) in [5.74, 6) is -0.403. The molecule has 23 heavy (non-hydrogen) atoms. The molecule has 0 bridgehead atoms. The Morgan fingerprint density at radius 1 is 1.22 bits per heavy atom. The smallest absolute Gasteiger partial charge is 0.319 e. The van der Waals surface area contributed by atoms with Gasteiger partial charge in [-0.05, 0) is 30.3 Å². The third-order valence-corrected chi connectivity index (χ3v) is 4.94. The number of halogens is 1. The summed E-state index contributed by atoms with van der Waals surface area (Å²) < 4.78 is 4.94. The number of carbonyl (C=O) groups excluding carboxylic acids is 2. The van der Waals surface area contributed by atoms with Crippen LogP contribution in [-0.2, 0) is 9.53 Å². The Labute approximate surface area is 143 Å². The van der Waals surface area contributed by atoms with Gasteiger partial charge in [-0.1, -0.05) is 29.8 Å². The number of ether oxygens (including phenoxy) is 1. The minimum Gasteiger partial charge on any atom is -0.465 e. The number of cyclic esters (lactones) is 1. The number of rotatable bonds is 4. The number of nitrogens with one attached hydrogen (secondary N) is 1. The predicted molar refractivity (Wildman–Crippen MR) is 91.1 cm³/mol. The third-order valence-electron chi connectivity index (χ3n) is 3.39. The summed E-state index contributed by atoms with van der Waals surface area (Å²) >= 11 is 7.66. The van der Waals surface area contributed by atoms with Crippen LogP contribution in [0.2, 0.25) is 5.02 Å². The van der Waals surface area contributed by atoms with E-state index in [0.29, 0.717) is 29.3 Å². The second kappa shape index (κ2) is 7.06. The second-order valence-electron chi connectivity index (χ2n) is 5.02. The lowest BCUT2D eigenvalue weighted by Gasteiger charge is -2.10. The highest BCUT2D eigenvalue weighted by Gasteiger charge is 2.27. The minimum absolute atomic E-state index is 0.184. The van der Waals surface area contributed by atoms with Gasteiger partial charge in [-0.15, -0.1) is 11.8 Å². The van der Waals surface area contributed by atoms with Gasteiger partial charge in [0.25, 0.3) is 5.91 Å². The maximum atomic E-state index is 12.1. The van der Waals surface area contributed by atoms with E-state index in [1.165, 1.54) is 11.8 Å². The van der Waals surface area contributed by atoms with Gasteiger partial charge in [0.2, 0.25) is 0 Å². The molecular weight excluding hydrogens is 334 g/mol. The molecule has 1 amide bonds. The third kappa shape index (κ3) is 3.86. The molecule has 2 aromatic carbocycles. The van der Waals surface area contributed by atoms with Gasteiger partial charge in [0.1, 0.15) is 5.25 Å². The van der Waals surface area contributed by atoms with E-state index >= 15 is 0 Å². The zero-order chi connectivity index (χ0) is 16.2. The summed E-state index contributed by atoms with van der Waals surface area (Å²) in [6, 6.07) is 14.3. The molecular formula is C17H14ClNO3S. The molecule has 118 valence electrons. The van der Waals surface area contributed by atoms with Crippen molar-refractivity contribution in [2.24, 2.45) is 0 Å². The summed E-state index contributed by atoms with van der Waals surface area (Å²) in [5, 5.41) is 3.04. The lowest BCUT2D eigenvalue weighted by molar-refractivity contribution is -0.137. The molecule has 4 nitrogen and oxygen atoms in total. The van der Waals surface area contributed by atoms with Crippen LogP contribution in [0.15, 0.2) is 53.4 Å². The van der Waals surface area contributed by atoms with Crippen LogP contribution in [0.4, 0.5) is 5.69 Å². The van der Waals surface area contributed by atoms with E-state index in [1.54, 1.807) is 36.4 Å². The maximum Gasteiger partial charge on any atom is 0.319 e. The topological polar surface area (TPSA) is 55.4 Å². The van der Waals surface area contributed by atoms with Crippen LogP contribution in [0.25, 0.3) is 0 Å². The molecule has 2 aromatic rings. The molecule has 6 heteroatoms. The number of carbonyl (C=O) groups is 2. The number of hydrogen-bond donors (Lipinski definition) is 1. The highest BCUT2D eigenvalue weighted by Crippen LogP contribution is 2.33. The van der Waals surface area contributed by atoms with E-state index in [1.807, 2.05) is 12.1 Å². The normalized spacial score (nSPS) is 16.9. The van der Waals surface area contributed by atoms with Gasteiger partial charge in [0, 0.05) is 16.9 Å². The molecule has 1 heterocycles. The number of benzene rings is 2. The van der Waals surface area contributed by atoms with Crippen molar-refractivity contribution >= 4 is 40.9 Å². The summed E-state index contributed by atoms with van der Waals surface area (Å²) in [4.78, 5) is 24.5. The van der Waals surface area contributed by atoms with Crippen molar-refractivity contribution in [3.05, 3.63) is 59.1 Å². The highest BCUT2D eigenvalue weighted by molar-refractivity contribution is 8.00. The van der Waals surface area contributed by atoms with Gasteiger partial charge in [-0.3, -0.25) is 9.59 Å². The highest BCUT2D eigenvalue weighted by atomic mass is 35.5. The first-order valence-electron chi connectivity index (χ1n) is 7.13. The van der Waals surface area contributed by atoms with Crippen molar-refractivity contribution in [3.8, 4) is 0 Å². The van der Waals surface area contributed by atoms with E-state index < -0.39 is 0 Å². The van der Waals surface area contributed by atoms with E-state index in [4.69, 9.17) is 16.3 Å². The molecule has 1 aliphatic rings. The first kappa shape index (κ1) is 15.9. The Hall–Kier alpha value is -1.98. The zero-order valence-electron chi connectivity index (χ0n) is 12.1. The molecule has 3 rings (SSSR count). The Balaban J connectivity index is 1.69. The van der Waals surface area contributed by atoms with E-state index in [2.05, 4.69) is 5.32 Å². The molecule has 0 aliphatic carbocycles. The van der Waals surface area contributed by atoms with Crippen molar-refractivity contribution in [2.75, 3.05) is 11.9 Å². The van der Waals surface area contributed by atoms with Crippen molar-refractivity contribution in [1.29, 1.82) is 0 Å². The largest absolute Gasteiger partial charge is 0.465 e. The Bertz CT molecular complexity index is 736. The number of thioether (sulfide) groups is 1. The van der Waals surface area contributed by atoms with E-state index in [9.17, 15) is 9.59 Å². The fourth-order valence-corrected chi connectivity index (χ4v) is 3.54. The lowest BCUT2D eigenvalue weighted by atomic mass is 10.2. The number of anilines is 1.